The SMILES string of the molecule is NC(=O)NCCC[C@@H](C(=O)O)N(C(=O)[C@@H](N)Cc1ccc2ccccc2c1)C1CCCCO1. The number of carboxylic acids is 1. The molecule has 0 bridgehead atoms. The zero-order chi connectivity index (χ0) is 23.8. The van der Waals surface area contributed by atoms with Crippen LogP contribution in [-0.2, 0) is 20.7 Å². The number of benzene rings is 2. The Bertz CT molecular complexity index is 976. The molecule has 1 unspecified atom stereocenters. The molecule has 0 radical (unpaired) electrons. The molecule has 0 aliphatic carbocycles. The predicted molar refractivity (Wildman–Crippen MR) is 124 cm³/mol. The van der Waals surface area contributed by atoms with E-state index >= 15 is 0 Å². The van der Waals surface area contributed by atoms with Gasteiger partial charge in [0.1, 0.15) is 12.3 Å². The number of aliphatic carboxylic acids is 1. The molecule has 0 aromatic heterocycles. The number of fused-ring (bicyclic) bond motifs is 1. The lowest BCUT2D eigenvalue weighted by Crippen LogP contribution is -2.57. The first-order valence-electron chi connectivity index (χ1n) is 11.3. The van der Waals surface area contributed by atoms with Crippen molar-refractivity contribution in [2.24, 2.45) is 11.5 Å². The lowest BCUT2D eigenvalue weighted by Gasteiger charge is -2.39. The van der Waals surface area contributed by atoms with E-state index in [1.54, 1.807) is 0 Å². The number of rotatable bonds is 10. The molecule has 0 saturated carbocycles. The Morgan fingerprint density at radius 3 is 2.58 bits per heavy atom. The molecular weight excluding hydrogens is 424 g/mol. The van der Waals surface area contributed by atoms with Crippen LogP contribution in [0.5, 0.6) is 0 Å². The van der Waals surface area contributed by atoms with Gasteiger partial charge in [-0.2, -0.15) is 0 Å². The number of ether oxygens (including phenoxy) is 1. The summed E-state index contributed by atoms with van der Waals surface area (Å²) in [5.74, 6) is -1.58. The lowest BCUT2D eigenvalue weighted by molar-refractivity contribution is -0.170. The van der Waals surface area contributed by atoms with Crippen LogP contribution in [0.3, 0.4) is 0 Å². The minimum Gasteiger partial charge on any atom is -0.480 e. The third kappa shape index (κ3) is 6.66. The Labute approximate surface area is 193 Å². The maximum absolute atomic E-state index is 13.5. The molecule has 3 amide bonds. The average molecular weight is 457 g/mol. The van der Waals surface area contributed by atoms with E-state index in [9.17, 15) is 19.5 Å². The van der Waals surface area contributed by atoms with Gasteiger partial charge in [-0.15, -0.1) is 0 Å². The highest BCUT2D eigenvalue weighted by atomic mass is 16.5. The van der Waals surface area contributed by atoms with Crippen molar-refractivity contribution in [1.29, 1.82) is 0 Å². The van der Waals surface area contributed by atoms with Crippen molar-refractivity contribution in [1.82, 2.24) is 10.2 Å². The molecule has 3 atom stereocenters. The summed E-state index contributed by atoms with van der Waals surface area (Å²) in [7, 11) is 0. The maximum Gasteiger partial charge on any atom is 0.326 e. The van der Waals surface area contributed by atoms with Crippen molar-refractivity contribution in [3.05, 3.63) is 48.0 Å². The fourth-order valence-corrected chi connectivity index (χ4v) is 4.23. The lowest BCUT2D eigenvalue weighted by atomic mass is 9.99. The van der Waals surface area contributed by atoms with Crippen LogP contribution >= 0.6 is 0 Å². The normalized spacial score (nSPS) is 17.8. The second-order valence-electron chi connectivity index (χ2n) is 8.35. The molecule has 9 heteroatoms. The van der Waals surface area contributed by atoms with Crippen LogP contribution < -0.4 is 16.8 Å². The monoisotopic (exact) mass is 456 g/mol. The zero-order valence-corrected chi connectivity index (χ0v) is 18.6. The summed E-state index contributed by atoms with van der Waals surface area (Å²) in [6.07, 6.45) is 2.38. The molecule has 6 N–H and O–H groups in total. The van der Waals surface area contributed by atoms with E-state index in [2.05, 4.69) is 5.32 Å². The van der Waals surface area contributed by atoms with Gasteiger partial charge in [-0.1, -0.05) is 42.5 Å². The van der Waals surface area contributed by atoms with Gasteiger partial charge in [0, 0.05) is 13.2 Å². The van der Waals surface area contributed by atoms with E-state index in [1.165, 1.54) is 4.90 Å². The Balaban J connectivity index is 1.77. The standard InChI is InChI=1S/C24H32N4O5/c25-19(15-16-10-11-17-6-1-2-7-18(17)14-16)22(29)28(21-9-3-4-13-33-21)20(23(30)31)8-5-12-27-24(26)32/h1-2,6-7,10-11,14,19-21H,3-5,8-9,12-13,15,25H2,(H,30,31)(H3,26,27,32)/t19-,20-,21?/m0/s1. The molecule has 1 aliphatic heterocycles. The average Bonchev–Trinajstić information content (AvgIpc) is 2.80. The van der Waals surface area contributed by atoms with Gasteiger partial charge in [-0.05, 0) is 54.9 Å². The van der Waals surface area contributed by atoms with Gasteiger partial charge in [-0.25, -0.2) is 9.59 Å². The van der Waals surface area contributed by atoms with Crippen LogP contribution in [-0.4, -0.2) is 59.4 Å². The van der Waals surface area contributed by atoms with Crippen LogP contribution in [0.4, 0.5) is 4.79 Å². The number of carboxylic acid groups (broad SMARTS) is 1. The zero-order valence-electron chi connectivity index (χ0n) is 18.6. The van der Waals surface area contributed by atoms with Crippen molar-refractivity contribution in [2.75, 3.05) is 13.2 Å². The van der Waals surface area contributed by atoms with Crippen LogP contribution in [0, 0.1) is 0 Å². The number of amides is 3. The Morgan fingerprint density at radius 1 is 1.15 bits per heavy atom. The van der Waals surface area contributed by atoms with Crippen molar-refractivity contribution in [3.8, 4) is 0 Å². The van der Waals surface area contributed by atoms with E-state index in [0.29, 0.717) is 19.4 Å². The molecule has 1 saturated heterocycles. The van der Waals surface area contributed by atoms with E-state index in [4.69, 9.17) is 16.2 Å². The second-order valence-corrected chi connectivity index (χ2v) is 8.35. The molecule has 0 spiro atoms. The van der Waals surface area contributed by atoms with Gasteiger partial charge in [0.2, 0.25) is 5.91 Å². The Kier molecular flexibility index (Phi) is 8.62. The molecule has 178 valence electrons. The first-order valence-corrected chi connectivity index (χ1v) is 11.3. The topological polar surface area (TPSA) is 148 Å². The molecule has 3 rings (SSSR count). The quantitative estimate of drug-likeness (QED) is 0.402. The number of primary amides is 1. The van der Waals surface area contributed by atoms with Crippen molar-refractivity contribution < 1.29 is 24.2 Å². The van der Waals surface area contributed by atoms with Crippen LogP contribution in [0.25, 0.3) is 10.8 Å². The van der Waals surface area contributed by atoms with E-state index in [1.807, 2.05) is 42.5 Å². The van der Waals surface area contributed by atoms with Gasteiger partial charge in [-0.3, -0.25) is 4.79 Å². The summed E-state index contributed by atoms with van der Waals surface area (Å²) in [5, 5.41) is 14.5. The van der Waals surface area contributed by atoms with Crippen molar-refractivity contribution >= 4 is 28.7 Å². The molecular formula is C24H32N4O5. The Hall–Kier alpha value is -3.17. The molecule has 1 aliphatic rings. The third-order valence-electron chi connectivity index (χ3n) is 5.88. The predicted octanol–water partition coefficient (Wildman–Crippen LogP) is 1.97. The molecule has 33 heavy (non-hydrogen) atoms. The molecule has 1 heterocycles. The van der Waals surface area contributed by atoms with Crippen molar-refractivity contribution in [3.63, 3.8) is 0 Å². The number of nitrogens with one attached hydrogen (secondary N) is 1. The number of nitrogens with two attached hydrogens (primary N) is 2. The fourth-order valence-electron chi connectivity index (χ4n) is 4.23. The minimum absolute atomic E-state index is 0.143. The number of nitrogens with zero attached hydrogens (tertiary/aromatic N) is 1. The Morgan fingerprint density at radius 2 is 1.91 bits per heavy atom. The summed E-state index contributed by atoms with van der Waals surface area (Å²) in [4.78, 5) is 37.8. The van der Waals surface area contributed by atoms with Gasteiger partial charge >= 0.3 is 12.0 Å². The van der Waals surface area contributed by atoms with Crippen LogP contribution in [0.2, 0.25) is 0 Å². The molecule has 1 fully saturated rings. The number of urea groups is 1. The molecule has 2 aromatic carbocycles. The van der Waals surface area contributed by atoms with E-state index in [0.717, 1.165) is 29.2 Å². The maximum atomic E-state index is 13.5. The highest BCUT2D eigenvalue weighted by molar-refractivity contribution is 5.88. The van der Waals surface area contributed by atoms with Gasteiger partial charge in [0.05, 0.1) is 6.04 Å². The highest BCUT2D eigenvalue weighted by Gasteiger charge is 2.38. The van der Waals surface area contributed by atoms with Crippen LogP contribution in [0.15, 0.2) is 42.5 Å². The van der Waals surface area contributed by atoms with E-state index < -0.39 is 36.2 Å². The smallest absolute Gasteiger partial charge is 0.326 e. The minimum atomic E-state index is -1.13. The second kappa shape index (κ2) is 11.6. The summed E-state index contributed by atoms with van der Waals surface area (Å²) >= 11 is 0. The number of hydrogen-bond acceptors (Lipinski definition) is 5. The van der Waals surface area contributed by atoms with Gasteiger partial charge < -0.3 is 31.5 Å². The first-order chi connectivity index (χ1) is 15.9. The summed E-state index contributed by atoms with van der Waals surface area (Å²) in [6, 6.07) is 11.1. The van der Waals surface area contributed by atoms with Gasteiger partial charge in [0.15, 0.2) is 0 Å². The largest absolute Gasteiger partial charge is 0.480 e. The number of carbonyl (C=O) groups excluding carboxylic acids is 2. The number of hydrogen-bond donors (Lipinski definition) is 4. The fraction of sp³-hybridized carbons (Fsp3) is 0.458. The number of carbonyl (C=O) groups is 3. The summed E-state index contributed by atoms with van der Waals surface area (Å²) < 4.78 is 5.79. The van der Waals surface area contributed by atoms with Crippen LogP contribution in [0.1, 0.15) is 37.7 Å². The first kappa shape index (κ1) is 24.5. The van der Waals surface area contributed by atoms with Gasteiger partial charge in [0.25, 0.3) is 0 Å². The molecule has 9 nitrogen and oxygen atoms in total. The highest BCUT2D eigenvalue weighted by Crippen LogP contribution is 2.23. The molecule has 2 aromatic rings. The third-order valence-corrected chi connectivity index (χ3v) is 5.88. The summed E-state index contributed by atoms with van der Waals surface area (Å²) in [5.41, 5.74) is 12.3. The summed E-state index contributed by atoms with van der Waals surface area (Å²) in [6.45, 7) is 0.680. The van der Waals surface area contributed by atoms with E-state index in [-0.39, 0.29) is 19.4 Å². The van der Waals surface area contributed by atoms with Crippen molar-refractivity contribution in [2.45, 2.75) is 56.8 Å².